The van der Waals surface area contributed by atoms with E-state index in [2.05, 4.69) is 18.4 Å². The second kappa shape index (κ2) is 8.98. The van der Waals surface area contributed by atoms with E-state index < -0.39 is 33.2 Å². The molecule has 0 saturated heterocycles. The van der Waals surface area contributed by atoms with Gasteiger partial charge in [0.05, 0.1) is 0 Å². The summed E-state index contributed by atoms with van der Waals surface area (Å²) in [4.78, 5) is 0. The van der Waals surface area contributed by atoms with Gasteiger partial charge in [-0.15, -0.1) is 0 Å². The van der Waals surface area contributed by atoms with Crippen LogP contribution in [0.5, 0.6) is 5.75 Å². The molecular formula is C17H19F4NO2Si. The van der Waals surface area contributed by atoms with Crippen molar-refractivity contribution in [3.63, 3.8) is 0 Å². The first-order valence-electron chi connectivity index (χ1n) is 7.84. The van der Waals surface area contributed by atoms with Crippen LogP contribution in [0.4, 0.5) is 17.6 Å². The van der Waals surface area contributed by atoms with Crippen LogP contribution < -0.4 is 4.74 Å². The van der Waals surface area contributed by atoms with Gasteiger partial charge in [0.2, 0.25) is 9.92 Å². The Morgan fingerprint density at radius 1 is 0.920 bits per heavy atom. The van der Waals surface area contributed by atoms with Crippen LogP contribution in [0.1, 0.15) is 13.8 Å². The van der Waals surface area contributed by atoms with Gasteiger partial charge in [-0.1, -0.05) is 26.0 Å². The largest absolute Gasteiger partial charge is 0.469 e. The minimum absolute atomic E-state index is 0.0935. The first-order valence-corrected chi connectivity index (χ1v) is 9.05. The normalized spacial score (nSPS) is 11.6. The van der Waals surface area contributed by atoms with E-state index in [1.54, 1.807) is 0 Å². The fraction of sp³-hybridized carbons (Fsp3) is 0.294. The van der Waals surface area contributed by atoms with Crippen molar-refractivity contribution < 1.29 is 26.7 Å². The predicted octanol–water partition coefficient (Wildman–Crippen LogP) is 3.60. The Kier molecular flexibility index (Phi) is 6.98. The highest BCUT2D eigenvalue weighted by molar-refractivity contribution is 6.23. The Bertz CT molecular complexity index is 709. The van der Waals surface area contributed by atoms with Crippen LogP contribution in [0.25, 0.3) is 11.1 Å². The third-order valence-electron chi connectivity index (χ3n) is 3.75. The van der Waals surface area contributed by atoms with Crippen LogP contribution >= 0.6 is 0 Å². The smallest absolute Gasteiger partial charge is 0.243 e. The second-order valence-electron chi connectivity index (χ2n) is 5.27. The maximum atomic E-state index is 13.8. The van der Waals surface area contributed by atoms with Crippen molar-refractivity contribution in [2.24, 2.45) is 0 Å². The molecule has 0 aliphatic heterocycles. The Hall–Kier alpha value is -1.90. The van der Waals surface area contributed by atoms with Crippen molar-refractivity contribution in [3.8, 4) is 16.9 Å². The van der Waals surface area contributed by atoms with Crippen LogP contribution in [0.3, 0.4) is 0 Å². The van der Waals surface area contributed by atoms with Crippen molar-refractivity contribution >= 4 is 9.92 Å². The third kappa shape index (κ3) is 4.81. The molecule has 8 heteroatoms. The lowest BCUT2D eigenvalue weighted by molar-refractivity contribution is 0.113. The molecule has 136 valence electrons. The number of rotatable bonds is 8. The van der Waals surface area contributed by atoms with Crippen molar-refractivity contribution in [1.82, 2.24) is 4.57 Å². The van der Waals surface area contributed by atoms with Crippen LogP contribution in [-0.4, -0.2) is 34.4 Å². The number of ether oxygens (including phenoxy) is 1. The Balaban J connectivity index is 2.01. The maximum Gasteiger partial charge on any atom is 0.243 e. The van der Waals surface area contributed by atoms with Gasteiger partial charge in [0, 0.05) is 5.56 Å². The highest BCUT2D eigenvalue weighted by Crippen LogP contribution is 2.29. The second-order valence-corrected chi connectivity index (χ2v) is 6.83. The summed E-state index contributed by atoms with van der Waals surface area (Å²) in [5, 5.41) is 0. The van der Waals surface area contributed by atoms with Gasteiger partial charge in [-0.3, -0.25) is 0 Å². The lowest BCUT2D eigenvalue weighted by Crippen LogP contribution is -2.30. The van der Waals surface area contributed by atoms with E-state index in [1.165, 1.54) is 24.3 Å². The van der Waals surface area contributed by atoms with Gasteiger partial charge < -0.3 is 13.7 Å². The van der Waals surface area contributed by atoms with Crippen LogP contribution in [0.2, 0.25) is 0 Å². The van der Waals surface area contributed by atoms with Crippen molar-refractivity contribution in [2.45, 2.75) is 13.8 Å². The summed E-state index contributed by atoms with van der Waals surface area (Å²) in [6.45, 7) is 6.05. The summed E-state index contributed by atoms with van der Waals surface area (Å²) < 4.78 is 66.5. The lowest BCUT2D eigenvalue weighted by atomic mass is 10.0. The van der Waals surface area contributed by atoms with Crippen molar-refractivity contribution in [2.75, 3.05) is 19.9 Å². The van der Waals surface area contributed by atoms with Crippen molar-refractivity contribution in [1.29, 1.82) is 0 Å². The van der Waals surface area contributed by atoms with Crippen LogP contribution in [0, 0.1) is 23.3 Å². The molecule has 0 aliphatic carbocycles. The van der Waals surface area contributed by atoms with Crippen LogP contribution in [0.15, 0.2) is 30.3 Å². The zero-order valence-electron chi connectivity index (χ0n) is 14.0. The first-order chi connectivity index (χ1) is 12.0. The van der Waals surface area contributed by atoms with E-state index in [4.69, 9.17) is 9.16 Å². The molecule has 0 N–H and O–H groups in total. The topological polar surface area (TPSA) is 21.7 Å². The molecule has 0 spiro atoms. The molecule has 0 unspecified atom stereocenters. The van der Waals surface area contributed by atoms with Crippen LogP contribution in [-0.2, 0) is 4.43 Å². The number of benzene rings is 2. The quantitative estimate of drug-likeness (QED) is 0.176. The molecule has 25 heavy (non-hydrogen) atoms. The molecule has 2 rings (SSSR count). The maximum absolute atomic E-state index is 13.8. The molecule has 0 amide bonds. The molecule has 0 atom stereocenters. The summed E-state index contributed by atoms with van der Waals surface area (Å²) in [6.07, 6.45) is 0. The van der Waals surface area contributed by atoms with Gasteiger partial charge in [-0.25, -0.2) is 17.6 Å². The van der Waals surface area contributed by atoms with Crippen molar-refractivity contribution in [3.05, 3.63) is 53.6 Å². The zero-order chi connectivity index (χ0) is 18.4. The molecule has 0 radical (unpaired) electrons. The number of hydrogen-bond donors (Lipinski definition) is 0. The minimum atomic E-state index is -1.83. The molecule has 2 aromatic rings. The summed E-state index contributed by atoms with van der Waals surface area (Å²) in [5.74, 6) is -6.05. The molecule has 3 nitrogen and oxygen atoms in total. The van der Waals surface area contributed by atoms with Gasteiger partial charge >= 0.3 is 0 Å². The zero-order valence-corrected chi connectivity index (χ0v) is 15.4. The highest BCUT2D eigenvalue weighted by Gasteiger charge is 2.19. The number of nitrogens with zero attached hydrogens (tertiary/aromatic N) is 1. The standard InChI is InChI=1S/C17H19F4NO2Si/c1-3-22(4-2)25-24-10-23-12-7-5-11(6-8-12)13-9-14(18)16(20)17(21)15(13)19/h5-9H,3-4,10,25H2,1-2H3. The van der Waals surface area contributed by atoms with Gasteiger partial charge in [0.15, 0.2) is 30.1 Å². The molecule has 0 aliphatic rings. The van der Waals surface area contributed by atoms with E-state index >= 15 is 0 Å². The molecular weight excluding hydrogens is 354 g/mol. The van der Waals surface area contributed by atoms with E-state index in [-0.39, 0.29) is 17.9 Å². The number of hydrogen-bond acceptors (Lipinski definition) is 3. The van der Waals surface area contributed by atoms with E-state index in [0.29, 0.717) is 11.8 Å². The van der Waals surface area contributed by atoms with Gasteiger partial charge in [-0.2, -0.15) is 0 Å². The van der Waals surface area contributed by atoms with Gasteiger partial charge in [0.25, 0.3) is 0 Å². The Morgan fingerprint density at radius 2 is 1.56 bits per heavy atom. The SMILES string of the molecule is CCN(CC)[SiH2]OCOc1ccc(-c2cc(F)c(F)c(F)c2F)cc1. The lowest BCUT2D eigenvalue weighted by Gasteiger charge is -2.17. The average molecular weight is 373 g/mol. The summed E-state index contributed by atoms with van der Waals surface area (Å²) in [6, 6.07) is 6.55. The summed E-state index contributed by atoms with van der Waals surface area (Å²) in [7, 11) is -0.819. The molecule has 0 saturated carbocycles. The Morgan fingerprint density at radius 3 is 2.16 bits per heavy atom. The molecule has 2 aromatic carbocycles. The van der Waals surface area contributed by atoms with Gasteiger partial charge in [0.1, 0.15) is 5.75 Å². The fourth-order valence-corrected chi connectivity index (χ4v) is 2.98. The summed E-state index contributed by atoms with van der Waals surface area (Å²) >= 11 is 0. The first kappa shape index (κ1) is 19.4. The average Bonchev–Trinajstić information content (AvgIpc) is 2.64. The molecule has 0 heterocycles. The highest BCUT2D eigenvalue weighted by atomic mass is 28.2. The summed E-state index contributed by atoms with van der Waals surface area (Å²) in [5.41, 5.74) is -0.144. The fourth-order valence-electron chi connectivity index (χ4n) is 2.20. The monoisotopic (exact) mass is 373 g/mol. The van der Waals surface area contributed by atoms with E-state index in [9.17, 15) is 17.6 Å². The molecule has 0 aromatic heterocycles. The minimum Gasteiger partial charge on any atom is -0.469 e. The number of halogens is 4. The predicted molar refractivity (Wildman–Crippen MR) is 89.8 cm³/mol. The van der Waals surface area contributed by atoms with E-state index in [1.807, 2.05) is 0 Å². The van der Waals surface area contributed by atoms with E-state index in [0.717, 1.165) is 13.1 Å². The third-order valence-corrected chi connectivity index (χ3v) is 5.35. The Labute approximate surface area is 146 Å². The molecule has 0 bridgehead atoms. The van der Waals surface area contributed by atoms with Gasteiger partial charge in [-0.05, 0) is 36.9 Å². The molecule has 0 fully saturated rings.